The summed E-state index contributed by atoms with van der Waals surface area (Å²) in [6.45, 7) is 0. The van der Waals surface area contributed by atoms with E-state index in [-0.39, 0.29) is 0 Å². The van der Waals surface area contributed by atoms with Crippen molar-refractivity contribution < 1.29 is 0 Å². The van der Waals surface area contributed by atoms with E-state index in [0.29, 0.717) is 5.56 Å². The highest BCUT2D eigenvalue weighted by Crippen LogP contribution is 2.05. The van der Waals surface area contributed by atoms with Crippen molar-refractivity contribution in [2.75, 3.05) is 0 Å². The van der Waals surface area contributed by atoms with Crippen molar-refractivity contribution in [1.82, 2.24) is 14.8 Å². The Balaban J connectivity index is 2.15. The number of aromatic nitrogens is 3. The first kappa shape index (κ1) is 9.16. The van der Waals surface area contributed by atoms with Gasteiger partial charge in [-0.05, 0) is 23.8 Å². The molecule has 0 aliphatic rings. The molecule has 2 rings (SSSR count). The third kappa shape index (κ3) is 2.29. The Morgan fingerprint density at radius 1 is 1.27 bits per heavy atom. The lowest BCUT2D eigenvalue weighted by Gasteiger charge is -1.93. The molecule has 4 nitrogen and oxygen atoms in total. The van der Waals surface area contributed by atoms with Crippen molar-refractivity contribution in [3.63, 3.8) is 0 Å². The zero-order chi connectivity index (χ0) is 10.5. The normalized spacial score (nSPS) is 10.3. The van der Waals surface area contributed by atoms with Gasteiger partial charge in [-0.3, -0.25) is 0 Å². The van der Waals surface area contributed by atoms with Crippen molar-refractivity contribution in [3.05, 3.63) is 48.0 Å². The third-order valence-corrected chi connectivity index (χ3v) is 1.90. The third-order valence-electron chi connectivity index (χ3n) is 1.90. The summed E-state index contributed by atoms with van der Waals surface area (Å²) in [5.74, 6) is 0. The molecule has 0 N–H and O–H groups in total. The molecule has 0 aliphatic heterocycles. The van der Waals surface area contributed by atoms with Gasteiger partial charge in [0.2, 0.25) is 0 Å². The molecule has 0 saturated carbocycles. The monoisotopic (exact) mass is 196 g/mol. The fourth-order valence-corrected chi connectivity index (χ4v) is 1.13. The predicted octanol–water partition coefficient (Wildman–Crippen LogP) is 1.78. The molecule has 4 heteroatoms. The molecule has 1 heterocycles. The minimum atomic E-state index is 0.660. The van der Waals surface area contributed by atoms with Gasteiger partial charge in [-0.1, -0.05) is 12.1 Å². The maximum Gasteiger partial charge on any atom is 0.138 e. The van der Waals surface area contributed by atoms with Gasteiger partial charge in [-0.2, -0.15) is 10.4 Å². The largest absolute Gasteiger partial charge is 0.228 e. The van der Waals surface area contributed by atoms with Crippen LogP contribution < -0.4 is 0 Å². The van der Waals surface area contributed by atoms with E-state index in [0.717, 1.165) is 5.56 Å². The fourth-order valence-electron chi connectivity index (χ4n) is 1.13. The minimum Gasteiger partial charge on any atom is -0.228 e. The lowest BCUT2D eigenvalue weighted by atomic mass is 10.1. The van der Waals surface area contributed by atoms with Gasteiger partial charge < -0.3 is 0 Å². The lowest BCUT2D eigenvalue weighted by Crippen LogP contribution is -1.84. The van der Waals surface area contributed by atoms with Crippen molar-refractivity contribution in [2.45, 2.75) is 0 Å². The molecule has 15 heavy (non-hydrogen) atoms. The van der Waals surface area contributed by atoms with Crippen LogP contribution in [0, 0.1) is 11.3 Å². The second kappa shape index (κ2) is 4.20. The van der Waals surface area contributed by atoms with Crippen molar-refractivity contribution >= 4 is 12.3 Å². The second-order valence-electron chi connectivity index (χ2n) is 2.93. The molecule has 0 spiro atoms. The Labute approximate surface area is 87.1 Å². The standard InChI is InChI=1S/C11H8N4/c12-7-11-3-1-10(2-4-11)5-6-15-9-13-8-14-15/h1-6,8-9H. The molecule has 0 bridgehead atoms. The average Bonchev–Trinajstić information content (AvgIpc) is 2.80. The summed E-state index contributed by atoms with van der Waals surface area (Å²) < 4.78 is 1.61. The molecule has 0 unspecified atom stereocenters. The van der Waals surface area contributed by atoms with Crippen LogP contribution in [0.5, 0.6) is 0 Å². The molecule has 0 saturated heterocycles. The van der Waals surface area contributed by atoms with Gasteiger partial charge in [0, 0.05) is 6.20 Å². The van der Waals surface area contributed by atoms with Gasteiger partial charge in [0.15, 0.2) is 0 Å². The molecule has 0 radical (unpaired) electrons. The van der Waals surface area contributed by atoms with Crippen LogP contribution in [0.3, 0.4) is 0 Å². The Bertz CT molecular complexity index is 488. The van der Waals surface area contributed by atoms with Gasteiger partial charge in [0.25, 0.3) is 0 Å². The van der Waals surface area contributed by atoms with E-state index >= 15 is 0 Å². The van der Waals surface area contributed by atoms with E-state index in [1.807, 2.05) is 18.2 Å². The molecule has 0 atom stereocenters. The summed E-state index contributed by atoms with van der Waals surface area (Å²) in [6, 6.07) is 9.39. The van der Waals surface area contributed by atoms with E-state index < -0.39 is 0 Å². The zero-order valence-electron chi connectivity index (χ0n) is 7.91. The molecule has 0 fully saturated rings. The van der Waals surface area contributed by atoms with Gasteiger partial charge in [-0.25, -0.2) is 9.67 Å². The summed E-state index contributed by atoms with van der Waals surface area (Å²) in [7, 11) is 0. The molecule has 1 aromatic heterocycles. The maximum atomic E-state index is 8.62. The number of hydrogen-bond donors (Lipinski definition) is 0. The quantitative estimate of drug-likeness (QED) is 0.735. The van der Waals surface area contributed by atoms with E-state index in [9.17, 15) is 0 Å². The first-order valence-electron chi connectivity index (χ1n) is 4.41. The molecule has 1 aromatic carbocycles. The van der Waals surface area contributed by atoms with E-state index in [1.165, 1.54) is 6.33 Å². The topological polar surface area (TPSA) is 54.5 Å². The highest BCUT2D eigenvalue weighted by Gasteiger charge is 1.89. The van der Waals surface area contributed by atoms with Crippen LogP contribution in [0.2, 0.25) is 0 Å². The van der Waals surface area contributed by atoms with Crippen LogP contribution in [0.4, 0.5) is 0 Å². The smallest absolute Gasteiger partial charge is 0.138 e. The summed E-state index contributed by atoms with van der Waals surface area (Å²) in [5.41, 5.74) is 1.68. The number of rotatable bonds is 2. The molecular weight excluding hydrogens is 188 g/mol. The minimum absolute atomic E-state index is 0.660. The number of nitrogens with zero attached hydrogens (tertiary/aromatic N) is 4. The Kier molecular flexibility index (Phi) is 2.56. The molecule has 2 aromatic rings. The van der Waals surface area contributed by atoms with Gasteiger partial charge >= 0.3 is 0 Å². The van der Waals surface area contributed by atoms with E-state index in [2.05, 4.69) is 16.2 Å². The fraction of sp³-hybridized carbons (Fsp3) is 0. The molecule has 0 aliphatic carbocycles. The Hall–Kier alpha value is -2.41. The molecule has 0 amide bonds. The van der Waals surface area contributed by atoms with Crippen LogP contribution in [-0.2, 0) is 0 Å². The Morgan fingerprint density at radius 2 is 2.07 bits per heavy atom. The van der Waals surface area contributed by atoms with Crippen LogP contribution >= 0.6 is 0 Å². The highest BCUT2D eigenvalue weighted by atomic mass is 15.3. The van der Waals surface area contributed by atoms with Crippen LogP contribution in [0.1, 0.15) is 11.1 Å². The van der Waals surface area contributed by atoms with Crippen LogP contribution in [0.25, 0.3) is 12.3 Å². The predicted molar refractivity (Wildman–Crippen MR) is 56.4 cm³/mol. The maximum absolute atomic E-state index is 8.62. The van der Waals surface area contributed by atoms with Crippen LogP contribution in [-0.4, -0.2) is 14.8 Å². The lowest BCUT2D eigenvalue weighted by molar-refractivity contribution is 0.937. The average molecular weight is 196 g/mol. The molecular formula is C11H8N4. The first-order valence-corrected chi connectivity index (χ1v) is 4.41. The zero-order valence-corrected chi connectivity index (χ0v) is 7.91. The van der Waals surface area contributed by atoms with Gasteiger partial charge in [0.05, 0.1) is 11.6 Å². The SMILES string of the molecule is N#Cc1ccc(C=Cn2cncn2)cc1. The Morgan fingerprint density at radius 3 is 2.67 bits per heavy atom. The summed E-state index contributed by atoms with van der Waals surface area (Å²) in [5, 5.41) is 12.5. The van der Waals surface area contributed by atoms with Crippen molar-refractivity contribution in [3.8, 4) is 6.07 Å². The summed E-state index contributed by atoms with van der Waals surface area (Å²) in [6.07, 6.45) is 6.79. The van der Waals surface area contributed by atoms with E-state index in [1.54, 1.807) is 29.3 Å². The van der Waals surface area contributed by atoms with Gasteiger partial charge in [0.1, 0.15) is 12.7 Å². The van der Waals surface area contributed by atoms with Gasteiger partial charge in [-0.15, -0.1) is 0 Å². The van der Waals surface area contributed by atoms with Crippen molar-refractivity contribution in [1.29, 1.82) is 5.26 Å². The second-order valence-corrected chi connectivity index (χ2v) is 2.93. The number of nitriles is 1. The number of hydrogen-bond acceptors (Lipinski definition) is 3. The first-order chi connectivity index (χ1) is 7.38. The summed E-state index contributed by atoms with van der Waals surface area (Å²) >= 11 is 0. The van der Waals surface area contributed by atoms with Crippen LogP contribution in [0.15, 0.2) is 36.9 Å². The van der Waals surface area contributed by atoms with Crippen molar-refractivity contribution in [2.24, 2.45) is 0 Å². The summed E-state index contributed by atoms with van der Waals surface area (Å²) in [4.78, 5) is 3.82. The molecule has 72 valence electrons. The highest BCUT2D eigenvalue weighted by molar-refractivity contribution is 5.60. The van der Waals surface area contributed by atoms with E-state index in [4.69, 9.17) is 5.26 Å². The number of benzene rings is 1.